The number of amides is 2. The lowest BCUT2D eigenvalue weighted by Gasteiger charge is -2.30. The first-order chi connectivity index (χ1) is 8.63. The molecule has 6 heteroatoms. The van der Waals surface area contributed by atoms with E-state index in [1.165, 1.54) is 0 Å². The highest BCUT2D eigenvalue weighted by molar-refractivity contribution is 6.02. The molecule has 0 aromatic heterocycles. The Balaban J connectivity index is 1.75. The molecule has 0 unspecified atom stereocenters. The van der Waals surface area contributed by atoms with Crippen LogP contribution in [0, 0.1) is 0 Å². The van der Waals surface area contributed by atoms with E-state index in [4.69, 9.17) is 4.84 Å². The maximum absolute atomic E-state index is 12.3. The molecule has 0 N–H and O–H groups in total. The molecular weight excluding hydrogens is 236 g/mol. The average molecular weight is 252 g/mol. The monoisotopic (exact) mass is 252 g/mol. The first-order valence-corrected chi connectivity index (χ1v) is 6.47. The second-order valence-corrected chi connectivity index (χ2v) is 5.19. The van der Waals surface area contributed by atoms with Crippen LogP contribution < -0.4 is 0 Å². The van der Waals surface area contributed by atoms with Crippen LogP contribution in [0.15, 0.2) is 0 Å². The Labute approximate surface area is 105 Å². The van der Waals surface area contributed by atoms with Crippen LogP contribution in [0.5, 0.6) is 0 Å². The Morgan fingerprint density at radius 1 is 1.06 bits per heavy atom. The Hall–Kier alpha value is -1.43. The lowest BCUT2D eigenvalue weighted by atomic mass is 9.94. The van der Waals surface area contributed by atoms with E-state index < -0.39 is 23.3 Å². The molecule has 6 nitrogen and oxygen atoms in total. The van der Waals surface area contributed by atoms with Gasteiger partial charge in [0.2, 0.25) is 0 Å². The SMILES string of the molecule is O=C1CCC(=O)N1OC(=O)C12CCCN1CCC2. The third-order valence-electron chi connectivity index (χ3n) is 4.20. The summed E-state index contributed by atoms with van der Waals surface area (Å²) in [7, 11) is 0. The number of carbonyl (C=O) groups excluding carboxylic acids is 3. The minimum atomic E-state index is -0.580. The summed E-state index contributed by atoms with van der Waals surface area (Å²) in [6.07, 6.45) is 3.75. The Morgan fingerprint density at radius 3 is 2.17 bits per heavy atom. The fraction of sp³-hybridized carbons (Fsp3) is 0.750. The van der Waals surface area contributed by atoms with E-state index >= 15 is 0 Å². The van der Waals surface area contributed by atoms with E-state index in [-0.39, 0.29) is 12.8 Å². The number of imide groups is 1. The minimum absolute atomic E-state index is 0.142. The summed E-state index contributed by atoms with van der Waals surface area (Å²) in [4.78, 5) is 42.4. The fourth-order valence-electron chi connectivity index (χ4n) is 3.26. The number of carbonyl (C=O) groups is 3. The highest BCUT2D eigenvalue weighted by Gasteiger charge is 2.53. The van der Waals surface area contributed by atoms with Crippen molar-refractivity contribution < 1.29 is 19.2 Å². The van der Waals surface area contributed by atoms with Crippen molar-refractivity contribution in [2.45, 2.75) is 44.1 Å². The van der Waals surface area contributed by atoms with Crippen LogP contribution in [0.1, 0.15) is 38.5 Å². The molecule has 3 rings (SSSR count). The summed E-state index contributed by atoms with van der Waals surface area (Å²) < 4.78 is 0. The first kappa shape index (κ1) is 11.6. The molecule has 0 saturated carbocycles. The van der Waals surface area contributed by atoms with Gasteiger partial charge in [-0.15, -0.1) is 5.06 Å². The molecule has 3 fully saturated rings. The molecule has 0 aromatic rings. The molecule has 3 aliphatic rings. The Kier molecular flexibility index (Phi) is 2.62. The molecule has 0 spiro atoms. The molecule has 3 saturated heterocycles. The molecular formula is C12H16N2O4. The van der Waals surface area contributed by atoms with Gasteiger partial charge in [0.15, 0.2) is 0 Å². The largest absolute Gasteiger partial charge is 0.353 e. The van der Waals surface area contributed by atoms with Gasteiger partial charge in [-0.2, -0.15) is 0 Å². The molecule has 2 amide bonds. The van der Waals surface area contributed by atoms with E-state index in [2.05, 4.69) is 4.90 Å². The average Bonchev–Trinajstić information content (AvgIpc) is 2.98. The molecule has 0 radical (unpaired) electrons. The highest BCUT2D eigenvalue weighted by atomic mass is 16.7. The molecule has 0 aliphatic carbocycles. The molecule has 0 bridgehead atoms. The van der Waals surface area contributed by atoms with Gasteiger partial charge in [-0.05, 0) is 38.8 Å². The van der Waals surface area contributed by atoms with Gasteiger partial charge in [-0.1, -0.05) is 0 Å². The molecule has 3 heterocycles. The zero-order valence-corrected chi connectivity index (χ0v) is 10.2. The van der Waals surface area contributed by atoms with Crippen molar-refractivity contribution >= 4 is 17.8 Å². The number of hydroxylamine groups is 2. The van der Waals surface area contributed by atoms with Gasteiger partial charge >= 0.3 is 5.97 Å². The fourth-order valence-corrected chi connectivity index (χ4v) is 3.26. The summed E-state index contributed by atoms with van der Waals surface area (Å²) in [5.74, 6) is -1.25. The van der Waals surface area contributed by atoms with Crippen LogP contribution in [-0.2, 0) is 19.2 Å². The minimum Gasteiger partial charge on any atom is -0.328 e. The molecule has 18 heavy (non-hydrogen) atoms. The van der Waals surface area contributed by atoms with Gasteiger partial charge in [0.1, 0.15) is 5.54 Å². The van der Waals surface area contributed by atoms with Crippen molar-refractivity contribution in [1.82, 2.24) is 9.96 Å². The maximum atomic E-state index is 12.3. The van der Waals surface area contributed by atoms with E-state index in [1.54, 1.807) is 0 Å². The van der Waals surface area contributed by atoms with Crippen LogP contribution in [-0.4, -0.2) is 46.4 Å². The zero-order chi connectivity index (χ0) is 12.8. The van der Waals surface area contributed by atoms with Gasteiger partial charge in [-0.25, -0.2) is 4.79 Å². The quantitative estimate of drug-likeness (QED) is 0.658. The van der Waals surface area contributed by atoms with Gasteiger partial charge < -0.3 is 4.84 Å². The van der Waals surface area contributed by atoms with Crippen molar-refractivity contribution in [3.05, 3.63) is 0 Å². The summed E-state index contributed by atoms with van der Waals surface area (Å²) in [5.41, 5.74) is -0.580. The van der Waals surface area contributed by atoms with E-state index in [9.17, 15) is 14.4 Å². The second-order valence-electron chi connectivity index (χ2n) is 5.19. The number of nitrogens with zero attached hydrogens (tertiary/aromatic N) is 2. The van der Waals surface area contributed by atoms with Crippen molar-refractivity contribution in [2.75, 3.05) is 13.1 Å². The van der Waals surface area contributed by atoms with E-state index in [1.807, 2.05) is 0 Å². The Morgan fingerprint density at radius 2 is 1.61 bits per heavy atom. The van der Waals surface area contributed by atoms with Gasteiger partial charge in [0, 0.05) is 12.8 Å². The van der Waals surface area contributed by atoms with Crippen LogP contribution in [0.3, 0.4) is 0 Å². The van der Waals surface area contributed by atoms with E-state index in [0.29, 0.717) is 5.06 Å². The normalized spacial score (nSPS) is 26.8. The summed E-state index contributed by atoms with van der Waals surface area (Å²) in [6, 6.07) is 0. The highest BCUT2D eigenvalue weighted by Crippen LogP contribution is 2.40. The molecule has 0 aromatic carbocycles. The van der Waals surface area contributed by atoms with Gasteiger partial charge in [0.25, 0.3) is 11.8 Å². The molecule has 3 aliphatic heterocycles. The molecule has 98 valence electrons. The predicted octanol–water partition coefficient (Wildman–Crippen LogP) is 0.222. The zero-order valence-electron chi connectivity index (χ0n) is 10.2. The van der Waals surface area contributed by atoms with Crippen LogP contribution >= 0.6 is 0 Å². The van der Waals surface area contributed by atoms with Gasteiger partial charge in [-0.3, -0.25) is 14.5 Å². The van der Waals surface area contributed by atoms with Crippen LogP contribution in [0.2, 0.25) is 0 Å². The lowest BCUT2D eigenvalue weighted by Crippen LogP contribution is -2.49. The van der Waals surface area contributed by atoms with Crippen molar-refractivity contribution in [3.8, 4) is 0 Å². The number of rotatable bonds is 2. The first-order valence-electron chi connectivity index (χ1n) is 6.47. The third-order valence-corrected chi connectivity index (χ3v) is 4.20. The topological polar surface area (TPSA) is 66.9 Å². The van der Waals surface area contributed by atoms with Gasteiger partial charge in [0.05, 0.1) is 0 Å². The van der Waals surface area contributed by atoms with E-state index in [0.717, 1.165) is 38.8 Å². The van der Waals surface area contributed by atoms with Crippen molar-refractivity contribution in [1.29, 1.82) is 0 Å². The summed E-state index contributed by atoms with van der Waals surface area (Å²) >= 11 is 0. The second kappa shape index (κ2) is 4.05. The lowest BCUT2D eigenvalue weighted by molar-refractivity contribution is -0.204. The molecule has 0 atom stereocenters. The van der Waals surface area contributed by atoms with Crippen LogP contribution in [0.25, 0.3) is 0 Å². The Bertz CT molecular complexity index is 394. The maximum Gasteiger partial charge on any atom is 0.353 e. The smallest absolute Gasteiger partial charge is 0.328 e. The summed E-state index contributed by atoms with van der Waals surface area (Å²) in [6.45, 7) is 1.80. The summed E-state index contributed by atoms with van der Waals surface area (Å²) in [5, 5.41) is 0.659. The number of hydrogen-bond acceptors (Lipinski definition) is 5. The predicted molar refractivity (Wildman–Crippen MR) is 60.0 cm³/mol. The standard InChI is InChI=1S/C12H16N2O4/c15-9-3-4-10(16)14(9)18-11(17)12-5-1-7-13(12)8-2-6-12/h1-8H2. The van der Waals surface area contributed by atoms with Crippen molar-refractivity contribution in [3.63, 3.8) is 0 Å². The van der Waals surface area contributed by atoms with Crippen molar-refractivity contribution in [2.24, 2.45) is 0 Å². The number of hydrogen-bond donors (Lipinski definition) is 0. The number of fused-ring (bicyclic) bond motifs is 1. The van der Waals surface area contributed by atoms with Crippen LogP contribution in [0.4, 0.5) is 0 Å². The third kappa shape index (κ3) is 1.55.